The molecule has 2 atom stereocenters. The molecule has 0 saturated heterocycles. The van der Waals surface area contributed by atoms with Gasteiger partial charge in [-0.15, -0.1) is 0 Å². The molecule has 0 radical (unpaired) electrons. The lowest BCUT2D eigenvalue weighted by Gasteiger charge is -2.30. The van der Waals surface area contributed by atoms with Gasteiger partial charge in [-0.3, -0.25) is 4.79 Å². The number of carbonyl (C=O) groups is 1. The summed E-state index contributed by atoms with van der Waals surface area (Å²) in [7, 11) is 0. The molecule has 1 amide bonds. The van der Waals surface area contributed by atoms with Crippen LogP contribution in [0.4, 0.5) is 0 Å². The first-order chi connectivity index (χ1) is 9.06. The van der Waals surface area contributed by atoms with Gasteiger partial charge in [-0.05, 0) is 52.2 Å². The van der Waals surface area contributed by atoms with Gasteiger partial charge in [0.05, 0.1) is 6.04 Å². The van der Waals surface area contributed by atoms with Crippen LogP contribution in [0.2, 0.25) is 0 Å². The van der Waals surface area contributed by atoms with Gasteiger partial charge in [-0.1, -0.05) is 13.3 Å². The summed E-state index contributed by atoms with van der Waals surface area (Å²) in [6.45, 7) is 6.21. The summed E-state index contributed by atoms with van der Waals surface area (Å²) in [5.41, 5.74) is 0. The molecule has 1 rings (SSSR count). The third kappa shape index (κ3) is 6.17. The van der Waals surface area contributed by atoms with Crippen molar-refractivity contribution in [3.63, 3.8) is 0 Å². The van der Waals surface area contributed by atoms with Crippen molar-refractivity contribution < 1.29 is 4.79 Å². The summed E-state index contributed by atoms with van der Waals surface area (Å²) in [6.07, 6.45) is 9.32. The second kappa shape index (κ2) is 8.85. The van der Waals surface area contributed by atoms with Crippen LogP contribution < -0.4 is 10.6 Å². The molecule has 1 fully saturated rings. The fraction of sp³-hybridized carbons (Fsp3) is 0.933. The average molecular weight is 286 g/mol. The first-order valence-electron chi connectivity index (χ1n) is 7.66. The van der Waals surface area contributed by atoms with Gasteiger partial charge in [0.15, 0.2) is 0 Å². The lowest BCUT2D eigenvalue weighted by Crippen LogP contribution is -2.49. The molecular weight excluding hydrogens is 256 g/mol. The number of hydrogen-bond donors (Lipinski definition) is 2. The number of amides is 1. The summed E-state index contributed by atoms with van der Waals surface area (Å²) in [5.74, 6) is 0.146. The molecule has 1 saturated carbocycles. The van der Waals surface area contributed by atoms with E-state index in [2.05, 4.69) is 30.7 Å². The van der Waals surface area contributed by atoms with Crippen LogP contribution in [0.3, 0.4) is 0 Å². The van der Waals surface area contributed by atoms with E-state index in [4.69, 9.17) is 0 Å². The van der Waals surface area contributed by atoms with Crippen LogP contribution in [0.5, 0.6) is 0 Å². The lowest BCUT2D eigenvalue weighted by atomic mass is 9.94. The van der Waals surface area contributed by atoms with Crippen molar-refractivity contribution in [3.05, 3.63) is 0 Å². The Labute approximate surface area is 122 Å². The zero-order valence-electron chi connectivity index (χ0n) is 12.9. The highest BCUT2D eigenvalue weighted by atomic mass is 32.2. The molecule has 2 unspecified atom stereocenters. The fourth-order valence-electron chi connectivity index (χ4n) is 2.77. The van der Waals surface area contributed by atoms with Crippen molar-refractivity contribution in [1.29, 1.82) is 0 Å². The number of rotatable bonds is 7. The largest absolute Gasteiger partial charge is 0.352 e. The van der Waals surface area contributed by atoms with Crippen molar-refractivity contribution in [3.8, 4) is 0 Å². The predicted molar refractivity (Wildman–Crippen MR) is 84.7 cm³/mol. The van der Waals surface area contributed by atoms with E-state index in [0.29, 0.717) is 6.04 Å². The molecule has 0 heterocycles. The topological polar surface area (TPSA) is 41.1 Å². The van der Waals surface area contributed by atoms with E-state index in [-0.39, 0.29) is 18.0 Å². The number of carbonyl (C=O) groups excluding carboxylic acids is 1. The normalized spacial score (nSPS) is 26.7. The van der Waals surface area contributed by atoms with Crippen molar-refractivity contribution in [2.24, 2.45) is 0 Å². The van der Waals surface area contributed by atoms with Crippen molar-refractivity contribution in [2.45, 2.75) is 82.7 Å². The molecule has 0 aromatic carbocycles. The van der Waals surface area contributed by atoms with Gasteiger partial charge < -0.3 is 10.6 Å². The Morgan fingerprint density at radius 1 is 1.26 bits per heavy atom. The number of hydrogen-bond acceptors (Lipinski definition) is 3. The molecule has 19 heavy (non-hydrogen) atoms. The van der Waals surface area contributed by atoms with E-state index in [0.717, 1.165) is 18.1 Å². The van der Waals surface area contributed by atoms with E-state index >= 15 is 0 Å². The van der Waals surface area contributed by atoms with Crippen LogP contribution in [0.1, 0.15) is 59.3 Å². The zero-order chi connectivity index (χ0) is 14.3. The highest BCUT2D eigenvalue weighted by molar-refractivity contribution is 7.99. The lowest BCUT2D eigenvalue weighted by molar-refractivity contribution is -0.123. The van der Waals surface area contributed by atoms with E-state index in [1.807, 2.05) is 18.7 Å². The van der Waals surface area contributed by atoms with Crippen molar-refractivity contribution in [1.82, 2.24) is 10.6 Å². The molecule has 0 aliphatic heterocycles. The van der Waals surface area contributed by atoms with Crippen LogP contribution in [0, 0.1) is 0 Å². The quantitative estimate of drug-likeness (QED) is 0.756. The second-order valence-electron chi connectivity index (χ2n) is 5.80. The third-order valence-corrected chi connectivity index (χ3v) is 5.13. The Bertz CT molecular complexity index is 265. The fourth-order valence-corrected chi connectivity index (χ4v) is 3.51. The average Bonchev–Trinajstić information content (AvgIpc) is 2.39. The standard InChI is InChI=1S/C15H30N2OS/c1-5-6-11(2)16-15(18)12(3)17-13-7-9-14(19-4)10-8-13/h11-14,17H,5-10H2,1-4H3,(H,16,18). The van der Waals surface area contributed by atoms with E-state index < -0.39 is 0 Å². The van der Waals surface area contributed by atoms with E-state index in [1.165, 1.54) is 25.7 Å². The Kier molecular flexibility index (Phi) is 7.84. The molecule has 3 nitrogen and oxygen atoms in total. The van der Waals surface area contributed by atoms with Gasteiger partial charge in [0.1, 0.15) is 0 Å². The van der Waals surface area contributed by atoms with Crippen LogP contribution >= 0.6 is 11.8 Å². The van der Waals surface area contributed by atoms with Crippen LogP contribution in [-0.4, -0.2) is 35.5 Å². The third-order valence-electron chi connectivity index (χ3n) is 4.00. The maximum Gasteiger partial charge on any atom is 0.237 e. The summed E-state index contributed by atoms with van der Waals surface area (Å²) < 4.78 is 0. The molecule has 4 heteroatoms. The van der Waals surface area contributed by atoms with Gasteiger partial charge in [0.2, 0.25) is 5.91 Å². The Morgan fingerprint density at radius 3 is 2.42 bits per heavy atom. The minimum Gasteiger partial charge on any atom is -0.352 e. The highest BCUT2D eigenvalue weighted by Crippen LogP contribution is 2.26. The predicted octanol–water partition coefficient (Wildman–Crippen LogP) is 2.94. The maximum atomic E-state index is 12.0. The molecule has 0 aromatic heterocycles. The van der Waals surface area contributed by atoms with Gasteiger partial charge in [0, 0.05) is 17.3 Å². The smallest absolute Gasteiger partial charge is 0.237 e. The SMILES string of the molecule is CCCC(C)NC(=O)C(C)NC1CCC(SC)CC1. The van der Waals surface area contributed by atoms with Gasteiger partial charge in [0.25, 0.3) is 0 Å². The summed E-state index contributed by atoms with van der Waals surface area (Å²) in [6, 6.07) is 0.731. The molecule has 2 N–H and O–H groups in total. The molecule has 112 valence electrons. The van der Waals surface area contributed by atoms with Crippen LogP contribution in [0.25, 0.3) is 0 Å². The van der Waals surface area contributed by atoms with Gasteiger partial charge in [-0.2, -0.15) is 11.8 Å². The second-order valence-corrected chi connectivity index (χ2v) is 6.93. The molecular formula is C15H30N2OS. The minimum atomic E-state index is -0.0739. The van der Waals surface area contributed by atoms with E-state index in [1.54, 1.807) is 0 Å². The molecule has 1 aliphatic rings. The zero-order valence-corrected chi connectivity index (χ0v) is 13.7. The Balaban J connectivity index is 2.26. The van der Waals surface area contributed by atoms with E-state index in [9.17, 15) is 4.79 Å². The van der Waals surface area contributed by atoms with Gasteiger partial charge >= 0.3 is 0 Å². The number of nitrogens with one attached hydrogen (secondary N) is 2. The molecule has 0 bridgehead atoms. The molecule has 0 aromatic rings. The van der Waals surface area contributed by atoms with Crippen molar-refractivity contribution >= 4 is 17.7 Å². The number of thioether (sulfide) groups is 1. The van der Waals surface area contributed by atoms with Gasteiger partial charge in [-0.25, -0.2) is 0 Å². The Hall–Kier alpha value is -0.220. The summed E-state index contributed by atoms with van der Waals surface area (Å²) in [4.78, 5) is 12.0. The first-order valence-corrected chi connectivity index (χ1v) is 8.94. The first kappa shape index (κ1) is 16.8. The van der Waals surface area contributed by atoms with Crippen molar-refractivity contribution in [2.75, 3.05) is 6.26 Å². The molecule has 0 spiro atoms. The Morgan fingerprint density at radius 2 is 1.89 bits per heavy atom. The van der Waals surface area contributed by atoms with Crippen LogP contribution in [0.15, 0.2) is 0 Å². The monoisotopic (exact) mass is 286 g/mol. The molecule has 1 aliphatic carbocycles. The summed E-state index contributed by atoms with van der Waals surface area (Å²) >= 11 is 1.98. The summed E-state index contributed by atoms with van der Waals surface area (Å²) in [5, 5.41) is 7.40. The maximum absolute atomic E-state index is 12.0. The highest BCUT2D eigenvalue weighted by Gasteiger charge is 2.23. The minimum absolute atomic E-state index is 0.0739. The van der Waals surface area contributed by atoms with Crippen LogP contribution in [-0.2, 0) is 4.79 Å².